The molecule has 1 amide bonds. The Morgan fingerprint density at radius 3 is 2.79 bits per heavy atom. The number of benzene rings is 1. The van der Waals surface area contributed by atoms with E-state index in [0.717, 1.165) is 12.8 Å². The highest BCUT2D eigenvalue weighted by atomic mass is 32.2. The number of carbonyl (C=O) groups is 1. The highest BCUT2D eigenvalue weighted by Gasteiger charge is 2.16. The Bertz CT molecular complexity index is 707. The van der Waals surface area contributed by atoms with Gasteiger partial charge in [0.1, 0.15) is 5.03 Å². The molecular weight excluding hydrogens is 330 g/mol. The fraction of sp³-hybridized carbons (Fsp3) is 0.333. The first-order valence-electron chi connectivity index (χ1n) is 7.71. The minimum absolute atomic E-state index is 0.0550. The molecule has 1 N–H and O–H groups in total. The highest BCUT2D eigenvalue weighted by Crippen LogP contribution is 2.26. The van der Waals surface area contributed by atoms with Crippen LogP contribution in [0.5, 0.6) is 0 Å². The number of nitrogens with one attached hydrogen (secondary N) is 1. The lowest BCUT2D eigenvalue weighted by molar-refractivity contribution is 0.0949. The lowest BCUT2D eigenvalue weighted by atomic mass is 10.0. The predicted octanol–water partition coefficient (Wildman–Crippen LogP) is 4.38. The zero-order chi connectivity index (χ0) is 17.5. The number of halogens is 2. The van der Waals surface area contributed by atoms with Crippen LogP contribution in [0.3, 0.4) is 0 Å². The first kappa shape index (κ1) is 18.4. The van der Waals surface area contributed by atoms with Gasteiger partial charge in [0.25, 0.3) is 11.7 Å². The van der Waals surface area contributed by atoms with Gasteiger partial charge in [0, 0.05) is 12.7 Å². The first-order chi connectivity index (χ1) is 11.5. The van der Waals surface area contributed by atoms with Crippen LogP contribution in [-0.2, 0) is 6.42 Å². The number of nitrogens with zero attached hydrogens (tertiary/aromatic N) is 1. The third-order valence-electron chi connectivity index (χ3n) is 3.62. The molecule has 0 aliphatic heterocycles. The van der Waals surface area contributed by atoms with Gasteiger partial charge < -0.3 is 5.32 Å². The summed E-state index contributed by atoms with van der Waals surface area (Å²) in [5.41, 5.74) is 3.91. The molecule has 3 nitrogen and oxygen atoms in total. The fourth-order valence-electron chi connectivity index (χ4n) is 2.44. The van der Waals surface area contributed by atoms with E-state index in [9.17, 15) is 13.6 Å². The molecule has 0 saturated heterocycles. The molecule has 0 saturated carbocycles. The van der Waals surface area contributed by atoms with E-state index in [-0.39, 0.29) is 28.3 Å². The third-order valence-corrected chi connectivity index (χ3v) is 4.35. The normalized spacial score (nSPS) is 10.9. The van der Waals surface area contributed by atoms with Crippen LogP contribution in [0.4, 0.5) is 8.78 Å². The summed E-state index contributed by atoms with van der Waals surface area (Å²) in [5.74, 6) is -2.97. The summed E-state index contributed by atoms with van der Waals surface area (Å²) in [6.07, 6.45) is 3.05. The second-order valence-electron chi connectivity index (χ2n) is 5.52. The van der Waals surface area contributed by atoms with E-state index in [1.165, 1.54) is 29.0 Å². The molecule has 2 rings (SSSR count). The zero-order valence-electron chi connectivity index (χ0n) is 13.7. The molecule has 0 aliphatic rings. The van der Waals surface area contributed by atoms with Crippen LogP contribution < -0.4 is 5.32 Å². The summed E-state index contributed by atoms with van der Waals surface area (Å²) in [6, 6.07) is 9.39. The van der Waals surface area contributed by atoms with Crippen molar-refractivity contribution in [2.75, 3.05) is 6.54 Å². The maximum atomic E-state index is 12.5. The number of thioether (sulfide) groups is 1. The Kier molecular flexibility index (Phi) is 6.73. The Balaban J connectivity index is 1.87. The number of aromatic nitrogens is 1. The van der Waals surface area contributed by atoms with Gasteiger partial charge in [-0.05, 0) is 61.7 Å². The largest absolute Gasteiger partial charge is 0.352 e. The SMILES string of the molecule is Cc1ccc(CCCNC(=O)c2cccnc2SC(F)F)c(C)c1. The van der Waals surface area contributed by atoms with Gasteiger partial charge in [-0.1, -0.05) is 23.8 Å². The topological polar surface area (TPSA) is 42.0 Å². The summed E-state index contributed by atoms with van der Waals surface area (Å²) in [5, 5.41) is 2.83. The van der Waals surface area contributed by atoms with E-state index in [2.05, 4.69) is 42.3 Å². The highest BCUT2D eigenvalue weighted by molar-refractivity contribution is 7.99. The molecule has 1 aromatic heterocycles. The van der Waals surface area contributed by atoms with Gasteiger partial charge in [-0.25, -0.2) is 4.98 Å². The molecule has 24 heavy (non-hydrogen) atoms. The second-order valence-corrected chi connectivity index (χ2v) is 6.50. The van der Waals surface area contributed by atoms with Gasteiger partial charge in [-0.2, -0.15) is 8.78 Å². The maximum absolute atomic E-state index is 12.5. The number of pyridine rings is 1. The zero-order valence-corrected chi connectivity index (χ0v) is 14.5. The summed E-state index contributed by atoms with van der Waals surface area (Å²) in [7, 11) is 0. The first-order valence-corrected chi connectivity index (χ1v) is 8.59. The van der Waals surface area contributed by atoms with Gasteiger partial charge in [0.05, 0.1) is 5.56 Å². The average molecular weight is 350 g/mol. The molecule has 0 spiro atoms. The van der Waals surface area contributed by atoms with Crippen LogP contribution in [0.1, 0.15) is 33.5 Å². The van der Waals surface area contributed by atoms with E-state index in [1.807, 2.05) is 0 Å². The van der Waals surface area contributed by atoms with Crippen LogP contribution in [0.25, 0.3) is 0 Å². The number of aryl methyl sites for hydroxylation is 3. The minimum atomic E-state index is -2.60. The van der Waals surface area contributed by atoms with Gasteiger partial charge in [-0.3, -0.25) is 4.79 Å². The van der Waals surface area contributed by atoms with Crippen LogP contribution >= 0.6 is 11.8 Å². The standard InChI is InChI=1S/C18H20F2N2OS/c1-12-7-8-14(13(2)11-12)5-3-9-21-16(23)15-6-4-10-22-17(15)24-18(19)20/h4,6-8,10-11,18H,3,5,9H2,1-2H3,(H,21,23). The molecule has 0 radical (unpaired) electrons. The van der Waals surface area contributed by atoms with Crippen molar-refractivity contribution in [2.24, 2.45) is 0 Å². The minimum Gasteiger partial charge on any atom is -0.352 e. The molecule has 0 fully saturated rings. The van der Waals surface area contributed by atoms with Gasteiger partial charge >= 0.3 is 0 Å². The molecule has 0 atom stereocenters. The summed E-state index contributed by atoms with van der Waals surface area (Å²) >= 11 is 0.287. The number of carbonyl (C=O) groups excluding carboxylic acids is 1. The number of alkyl halides is 2. The van der Waals surface area contributed by atoms with Crippen LogP contribution in [0, 0.1) is 13.8 Å². The van der Waals surface area contributed by atoms with Crippen LogP contribution in [0.2, 0.25) is 0 Å². The third kappa shape index (κ3) is 5.30. The van der Waals surface area contributed by atoms with Crippen molar-refractivity contribution in [2.45, 2.75) is 37.5 Å². The lowest BCUT2D eigenvalue weighted by Crippen LogP contribution is -2.25. The fourth-order valence-corrected chi connectivity index (χ4v) is 3.02. The van der Waals surface area contributed by atoms with Gasteiger partial charge in [-0.15, -0.1) is 0 Å². The smallest absolute Gasteiger partial charge is 0.290 e. The van der Waals surface area contributed by atoms with Crippen molar-refractivity contribution in [1.82, 2.24) is 10.3 Å². The Labute approximate surface area is 144 Å². The maximum Gasteiger partial charge on any atom is 0.290 e. The molecule has 128 valence electrons. The van der Waals surface area contributed by atoms with Crippen molar-refractivity contribution in [3.63, 3.8) is 0 Å². The molecule has 0 aliphatic carbocycles. The predicted molar refractivity (Wildman–Crippen MR) is 92.7 cm³/mol. The lowest BCUT2D eigenvalue weighted by Gasteiger charge is -2.10. The van der Waals surface area contributed by atoms with E-state index in [4.69, 9.17) is 0 Å². The van der Waals surface area contributed by atoms with Crippen molar-refractivity contribution in [1.29, 1.82) is 0 Å². The van der Waals surface area contributed by atoms with E-state index < -0.39 is 5.76 Å². The van der Waals surface area contributed by atoms with Crippen molar-refractivity contribution in [3.05, 3.63) is 58.8 Å². The summed E-state index contributed by atoms with van der Waals surface area (Å²) in [6.45, 7) is 4.62. The monoisotopic (exact) mass is 350 g/mol. The molecule has 0 bridgehead atoms. The van der Waals surface area contributed by atoms with Crippen molar-refractivity contribution >= 4 is 17.7 Å². The van der Waals surface area contributed by atoms with Crippen LogP contribution in [-0.4, -0.2) is 23.2 Å². The molecule has 2 aromatic rings. The molecule has 1 heterocycles. The van der Waals surface area contributed by atoms with E-state index >= 15 is 0 Å². The average Bonchev–Trinajstić information content (AvgIpc) is 2.53. The number of hydrogen-bond donors (Lipinski definition) is 1. The quantitative estimate of drug-likeness (QED) is 0.595. The molecule has 1 aromatic carbocycles. The summed E-state index contributed by atoms with van der Waals surface area (Å²) < 4.78 is 25.0. The number of amides is 1. The Morgan fingerprint density at radius 2 is 2.08 bits per heavy atom. The second kappa shape index (κ2) is 8.78. The Morgan fingerprint density at radius 1 is 1.29 bits per heavy atom. The van der Waals surface area contributed by atoms with Crippen LogP contribution in [0.15, 0.2) is 41.6 Å². The molecule has 0 unspecified atom stereocenters. The van der Waals surface area contributed by atoms with Gasteiger partial charge in [0.2, 0.25) is 0 Å². The van der Waals surface area contributed by atoms with Gasteiger partial charge in [0.15, 0.2) is 0 Å². The van der Waals surface area contributed by atoms with Crippen molar-refractivity contribution < 1.29 is 13.6 Å². The van der Waals surface area contributed by atoms with Crippen molar-refractivity contribution in [3.8, 4) is 0 Å². The number of hydrogen-bond acceptors (Lipinski definition) is 3. The van der Waals surface area contributed by atoms with E-state index in [1.54, 1.807) is 6.07 Å². The number of rotatable bonds is 7. The summed E-state index contributed by atoms with van der Waals surface area (Å²) in [4.78, 5) is 16.0. The molecular formula is C18H20F2N2OS. The molecule has 6 heteroatoms. The Hall–Kier alpha value is -1.95. The van der Waals surface area contributed by atoms with E-state index in [0.29, 0.717) is 6.54 Å².